The maximum Gasteiger partial charge on any atom is 0.312 e. The van der Waals surface area contributed by atoms with Crippen molar-refractivity contribution in [2.24, 2.45) is 0 Å². The molecule has 37 heavy (non-hydrogen) atoms. The molecule has 0 aliphatic carbocycles. The summed E-state index contributed by atoms with van der Waals surface area (Å²) in [5.41, 5.74) is 2.41. The molecule has 188 valence electrons. The standard InChI is InChI=1S/C28H22O9/c1-31-20-8-5-15(26(32-2)28(20)33-3)11-22-25(30)16-6-9-19-24(27(16)37-22)17(12-23(29)36-19)14-4-7-18-21(10-14)35-13-34-18/h4-11,17H,12-13H2,1-3H3/b22-11-/t17-/m0/s1. The average molecular weight is 502 g/mol. The van der Waals surface area contributed by atoms with E-state index in [1.165, 1.54) is 21.3 Å². The highest BCUT2D eigenvalue weighted by Gasteiger charge is 2.39. The van der Waals surface area contributed by atoms with Crippen LogP contribution in [0.25, 0.3) is 6.08 Å². The van der Waals surface area contributed by atoms with E-state index in [1.54, 1.807) is 36.4 Å². The second-order valence-corrected chi connectivity index (χ2v) is 8.56. The molecule has 3 aliphatic rings. The van der Waals surface area contributed by atoms with Crippen molar-refractivity contribution in [1.82, 2.24) is 0 Å². The minimum Gasteiger partial charge on any atom is -0.493 e. The molecule has 6 rings (SSSR count). The Balaban J connectivity index is 1.44. The molecule has 0 spiro atoms. The largest absolute Gasteiger partial charge is 0.493 e. The molecule has 0 bridgehead atoms. The number of esters is 1. The van der Waals surface area contributed by atoms with Crippen molar-refractivity contribution in [1.29, 1.82) is 0 Å². The Bertz CT molecular complexity index is 1490. The Morgan fingerprint density at radius 3 is 2.41 bits per heavy atom. The summed E-state index contributed by atoms with van der Waals surface area (Å²) < 4.78 is 39.0. The highest BCUT2D eigenvalue weighted by Crippen LogP contribution is 2.50. The Hall–Kier alpha value is -4.66. The molecule has 0 amide bonds. The number of ether oxygens (including phenoxy) is 7. The molecule has 9 nitrogen and oxygen atoms in total. The van der Waals surface area contributed by atoms with Crippen molar-refractivity contribution >= 4 is 17.8 Å². The molecule has 3 heterocycles. The van der Waals surface area contributed by atoms with Crippen LogP contribution < -0.4 is 33.2 Å². The van der Waals surface area contributed by atoms with Gasteiger partial charge in [-0.15, -0.1) is 0 Å². The summed E-state index contributed by atoms with van der Waals surface area (Å²) in [6.07, 6.45) is 1.68. The smallest absolute Gasteiger partial charge is 0.312 e. The van der Waals surface area contributed by atoms with E-state index in [4.69, 9.17) is 33.2 Å². The molecule has 0 aromatic heterocycles. The van der Waals surface area contributed by atoms with Crippen LogP contribution in [0.4, 0.5) is 0 Å². The molecule has 0 saturated heterocycles. The van der Waals surface area contributed by atoms with Crippen molar-refractivity contribution < 1.29 is 42.7 Å². The van der Waals surface area contributed by atoms with Crippen LogP contribution >= 0.6 is 0 Å². The van der Waals surface area contributed by atoms with Gasteiger partial charge in [-0.1, -0.05) is 6.07 Å². The number of carbonyl (C=O) groups excluding carboxylic acids is 2. The zero-order valence-electron chi connectivity index (χ0n) is 20.3. The predicted molar refractivity (Wildman–Crippen MR) is 130 cm³/mol. The van der Waals surface area contributed by atoms with Gasteiger partial charge in [0.05, 0.1) is 33.3 Å². The fourth-order valence-corrected chi connectivity index (χ4v) is 4.90. The maximum atomic E-state index is 13.4. The molecular weight excluding hydrogens is 480 g/mol. The third-order valence-electron chi connectivity index (χ3n) is 6.60. The molecule has 0 radical (unpaired) electrons. The lowest BCUT2D eigenvalue weighted by Gasteiger charge is -2.26. The quantitative estimate of drug-likeness (QED) is 0.284. The molecule has 3 aliphatic heterocycles. The van der Waals surface area contributed by atoms with Crippen LogP contribution in [0.5, 0.6) is 40.2 Å². The molecule has 0 unspecified atom stereocenters. The van der Waals surface area contributed by atoms with Gasteiger partial charge < -0.3 is 33.2 Å². The first-order valence-corrected chi connectivity index (χ1v) is 11.5. The van der Waals surface area contributed by atoms with Crippen LogP contribution in [0.1, 0.15) is 39.4 Å². The number of hydrogen-bond acceptors (Lipinski definition) is 9. The first kappa shape index (κ1) is 22.8. The van der Waals surface area contributed by atoms with E-state index in [0.717, 1.165) is 5.56 Å². The van der Waals surface area contributed by atoms with Gasteiger partial charge in [0.25, 0.3) is 0 Å². The van der Waals surface area contributed by atoms with Crippen molar-refractivity contribution in [3.8, 4) is 40.2 Å². The minimum atomic E-state index is -0.400. The van der Waals surface area contributed by atoms with E-state index < -0.39 is 5.92 Å². The number of fused-ring (bicyclic) bond motifs is 4. The Kier molecular flexibility index (Phi) is 5.40. The topological polar surface area (TPSA) is 98.8 Å². The number of methoxy groups -OCH3 is 3. The zero-order chi connectivity index (χ0) is 25.7. The minimum absolute atomic E-state index is 0.0865. The van der Waals surface area contributed by atoms with Gasteiger partial charge in [-0.25, -0.2) is 0 Å². The van der Waals surface area contributed by atoms with E-state index in [0.29, 0.717) is 56.9 Å². The zero-order valence-corrected chi connectivity index (χ0v) is 20.3. The Labute approximate surface area is 212 Å². The average Bonchev–Trinajstić information content (AvgIpc) is 3.51. The van der Waals surface area contributed by atoms with E-state index in [2.05, 4.69) is 0 Å². The van der Waals surface area contributed by atoms with E-state index in [9.17, 15) is 9.59 Å². The van der Waals surface area contributed by atoms with Crippen LogP contribution in [0.3, 0.4) is 0 Å². The fourth-order valence-electron chi connectivity index (χ4n) is 4.90. The lowest BCUT2D eigenvalue weighted by molar-refractivity contribution is -0.135. The molecule has 9 heteroatoms. The highest BCUT2D eigenvalue weighted by molar-refractivity contribution is 6.15. The second kappa shape index (κ2) is 8.77. The number of carbonyl (C=O) groups is 2. The second-order valence-electron chi connectivity index (χ2n) is 8.56. The summed E-state index contributed by atoms with van der Waals surface area (Å²) in [7, 11) is 4.54. The summed E-state index contributed by atoms with van der Waals surface area (Å²) in [5, 5.41) is 0. The van der Waals surface area contributed by atoms with Crippen molar-refractivity contribution in [2.75, 3.05) is 28.1 Å². The van der Waals surface area contributed by atoms with Crippen LogP contribution in [-0.2, 0) is 4.79 Å². The first-order valence-electron chi connectivity index (χ1n) is 11.5. The van der Waals surface area contributed by atoms with Gasteiger partial charge >= 0.3 is 5.97 Å². The number of Topliss-reactive ketones (excluding diaryl/α,β-unsaturated/α-hetero) is 1. The van der Waals surface area contributed by atoms with E-state index >= 15 is 0 Å². The van der Waals surface area contributed by atoms with E-state index in [-0.39, 0.29) is 30.7 Å². The van der Waals surface area contributed by atoms with Gasteiger partial charge in [-0.2, -0.15) is 0 Å². The van der Waals surface area contributed by atoms with Crippen LogP contribution in [0, 0.1) is 0 Å². The Morgan fingerprint density at radius 2 is 1.62 bits per heavy atom. The highest BCUT2D eigenvalue weighted by atomic mass is 16.7. The Morgan fingerprint density at radius 1 is 0.838 bits per heavy atom. The van der Waals surface area contributed by atoms with Gasteiger partial charge in [0.15, 0.2) is 28.8 Å². The van der Waals surface area contributed by atoms with Crippen LogP contribution in [-0.4, -0.2) is 39.9 Å². The number of allylic oxidation sites excluding steroid dienone is 1. The summed E-state index contributed by atoms with van der Waals surface area (Å²) in [6.45, 7) is 0.142. The van der Waals surface area contributed by atoms with Crippen LogP contribution in [0.15, 0.2) is 48.2 Å². The molecule has 0 saturated carbocycles. The van der Waals surface area contributed by atoms with Gasteiger partial charge in [0, 0.05) is 17.0 Å². The van der Waals surface area contributed by atoms with Crippen molar-refractivity contribution in [3.05, 3.63) is 70.5 Å². The van der Waals surface area contributed by atoms with Crippen LogP contribution in [0.2, 0.25) is 0 Å². The van der Waals surface area contributed by atoms with Crippen molar-refractivity contribution in [3.63, 3.8) is 0 Å². The molecule has 0 fully saturated rings. The molecule has 3 aromatic rings. The van der Waals surface area contributed by atoms with E-state index in [1.807, 2.05) is 12.1 Å². The molecular formula is C28H22O9. The lowest BCUT2D eigenvalue weighted by atomic mass is 9.84. The van der Waals surface area contributed by atoms with Gasteiger partial charge in [0.2, 0.25) is 18.3 Å². The first-order chi connectivity index (χ1) is 18.0. The summed E-state index contributed by atoms with van der Waals surface area (Å²) in [6, 6.07) is 12.2. The third-order valence-corrected chi connectivity index (χ3v) is 6.60. The number of rotatable bonds is 5. The van der Waals surface area contributed by atoms with Crippen molar-refractivity contribution in [2.45, 2.75) is 12.3 Å². The molecule has 3 aromatic carbocycles. The summed E-state index contributed by atoms with van der Waals surface area (Å²) >= 11 is 0. The summed E-state index contributed by atoms with van der Waals surface area (Å²) in [4.78, 5) is 25.9. The van der Waals surface area contributed by atoms with Gasteiger partial charge in [-0.05, 0) is 48.0 Å². The normalized spacial score (nSPS) is 18.1. The van der Waals surface area contributed by atoms with Gasteiger partial charge in [0.1, 0.15) is 11.5 Å². The van der Waals surface area contributed by atoms with Gasteiger partial charge in [-0.3, -0.25) is 9.59 Å². The summed E-state index contributed by atoms with van der Waals surface area (Å²) in [5.74, 6) is 2.29. The third kappa shape index (κ3) is 3.62. The molecule has 0 N–H and O–H groups in total. The molecule has 1 atom stereocenters. The lowest BCUT2D eigenvalue weighted by Crippen LogP contribution is -2.21. The number of ketones is 1. The number of benzene rings is 3. The number of hydrogen-bond donors (Lipinski definition) is 0. The fraction of sp³-hybridized carbons (Fsp3) is 0.214. The predicted octanol–water partition coefficient (Wildman–Crippen LogP) is 4.50. The monoisotopic (exact) mass is 502 g/mol. The SMILES string of the molecule is COc1ccc(/C=C2\Oc3c(ccc4c3[C@H](c3ccc5c(c3)OCO5)CC(=O)O4)C2=O)c(OC)c1OC. The maximum absolute atomic E-state index is 13.4.